The fourth-order valence-electron chi connectivity index (χ4n) is 2.64. The van der Waals surface area contributed by atoms with Gasteiger partial charge in [-0.1, -0.05) is 6.07 Å². The molecule has 3 heteroatoms. The summed E-state index contributed by atoms with van der Waals surface area (Å²) in [5.74, 6) is 0. The van der Waals surface area contributed by atoms with Gasteiger partial charge in [-0.15, -0.1) is 11.3 Å². The van der Waals surface area contributed by atoms with Crippen molar-refractivity contribution < 1.29 is 0 Å². The number of nitrogens with one attached hydrogen (secondary N) is 1. The molecule has 1 aromatic rings. The largest absolute Gasteiger partial charge is 0.313 e. The first kappa shape index (κ1) is 14.0. The highest BCUT2D eigenvalue weighted by Crippen LogP contribution is 2.11. The van der Waals surface area contributed by atoms with Gasteiger partial charge in [-0.2, -0.15) is 0 Å². The van der Waals surface area contributed by atoms with E-state index in [1.54, 1.807) is 0 Å². The molecule has 1 fully saturated rings. The lowest BCUT2D eigenvalue weighted by molar-refractivity contribution is 0.298. The highest BCUT2D eigenvalue weighted by Gasteiger charge is 2.13. The molecule has 1 aromatic heterocycles. The zero-order valence-corrected chi connectivity index (χ0v) is 12.3. The summed E-state index contributed by atoms with van der Waals surface area (Å²) < 4.78 is 0. The minimum Gasteiger partial charge on any atom is -0.313 e. The highest BCUT2D eigenvalue weighted by molar-refractivity contribution is 7.09. The number of unbranched alkanes of at least 4 members (excludes halogenated alkanes) is 1. The topological polar surface area (TPSA) is 15.3 Å². The van der Waals surface area contributed by atoms with Gasteiger partial charge in [0.25, 0.3) is 0 Å². The molecular formula is C15H26N2S. The van der Waals surface area contributed by atoms with E-state index >= 15 is 0 Å². The van der Waals surface area contributed by atoms with Crippen molar-refractivity contribution in [1.82, 2.24) is 10.2 Å². The second-order valence-corrected chi connectivity index (χ2v) is 6.43. The van der Waals surface area contributed by atoms with Gasteiger partial charge in [-0.05, 0) is 70.1 Å². The van der Waals surface area contributed by atoms with E-state index in [1.807, 2.05) is 11.3 Å². The normalized spacial score (nSPS) is 18.3. The Kier molecular flexibility index (Phi) is 6.18. The first-order valence-electron chi connectivity index (χ1n) is 7.33. The first-order valence-corrected chi connectivity index (χ1v) is 8.20. The molecule has 0 spiro atoms. The third kappa shape index (κ3) is 5.09. The van der Waals surface area contributed by atoms with Crippen LogP contribution in [0.15, 0.2) is 17.5 Å². The summed E-state index contributed by atoms with van der Waals surface area (Å²) in [7, 11) is 0. The van der Waals surface area contributed by atoms with Gasteiger partial charge in [0.05, 0.1) is 0 Å². The Labute approximate surface area is 115 Å². The Balaban J connectivity index is 1.47. The van der Waals surface area contributed by atoms with Crippen LogP contribution >= 0.6 is 11.3 Å². The Morgan fingerprint density at radius 1 is 1.33 bits per heavy atom. The molecule has 2 heterocycles. The minimum atomic E-state index is 0.643. The number of nitrogens with zero attached hydrogens (tertiary/aromatic N) is 1. The van der Waals surface area contributed by atoms with E-state index in [-0.39, 0.29) is 0 Å². The van der Waals surface area contributed by atoms with Crippen molar-refractivity contribution in [2.24, 2.45) is 0 Å². The van der Waals surface area contributed by atoms with Crippen molar-refractivity contribution in [3.63, 3.8) is 0 Å². The van der Waals surface area contributed by atoms with Crippen molar-refractivity contribution >= 4 is 11.3 Å². The Morgan fingerprint density at radius 3 is 2.89 bits per heavy atom. The smallest absolute Gasteiger partial charge is 0.0166 e. The van der Waals surface area contributed by atoms with E-state index in [1.165, 1.54) is 63.2 Å². The van der Waals surface area contributed by atoms with E-state index < -0.39 is 0 Å². The van der Waals surface area contributed by atoms with Crippen molar-refractivity contribution in [1.29, 1.82) is 0 Å². The van der Waals surface area contributed by atoms with Crippen LogP contribution in [0.5, 0.6) is 0 Å². The molecule has 0 amide bonds. The van der Waals surface area contributed by atoms with Crippen LogP contribution in [0, 0.1) is 0 Å². The first-order chi connectivity index (χ1) is 8.84. The van der Waals surface area contributed by atoms with Crippen LogP contribution in [-0.4, -0.2) is 37.1 Å². The lowest BCUT2D eigenvalue weighted by Gasteiger charge is -2.21. The molecule has 102 valence electrons. The van der Waals surface area contributed by atoms with Crippen LogP contribution in [0.25, 0.3) is 0 Å². The van der Waals surface area contributed by atoms with Gasteiger partial charge in [0.2, 0.25) is 0 Å². The van der Waals surface area contributed by atoms with Crippen LogP contribution in [0.4, 0.5) is 0 Å². The van der Waals surface area contributed by atoms with Gasteiger partial charge < -0.3 is 10.2 Å². The van der Waals surface area contributed by atoms with E-state index in [0.717, 1.165) is 0 Å². The number of rotatable bonds is 8. The summed E-state index contributed by atoms with van der Waals surface area (Å²) in [5, 5.41) is 5.82. The van der Waals surface area contributed by atoms with Gasteiger partial charge in [0.1, 0.15) is 0 Å². The van der Waals surface area contributed by atoms with Gasteiger partial charge >= 0.3 is 0 Å². The van der Waals surface area contributed by atoms with Gasteiger partial charge in [-0.3, -0.25) is 0 Å². The maximum atomic E-state index is 3.65. The number of hydrogen-bond acceptors (Lipinski definition) is 3. The van der Waals surface area contributed by atoms with Gasteiger partial charge in [0, 0.05) is 17.5 Å². The predicted octanol–water partition coefficient (Wildman–Crippen LogP) is 3.14. The van der Waals surface area contributed by atoms with Crippen molar-refractivity contribution in [3.8, 4) is 0 Å². The summed E-state index contributed by atoms with van der Waals surface area (Å²) in [6.07, 6.45) is 6.65. The van der Waals surface area contributed by atoms with Crippen molar-refractivity contribution in [3.05, 3.63) is 22.4 Å². The standard InChI is InChI=1S/C15H26N2S/c1-14(13-17-10-4-5-11-17)16-9-3-2-7-15-8-6-12-18-15/h6,8,12,14,16H,2-5,7,9-11,13H2,1H3. The maximum absolute atomic E-state index is 3.65. The average molecular weight is 266 g/mol. The summed E-state index contributed by atoms with van der Waals surface area (Å²) in [5.41, 5.74) is 0. The lowest BCUT2D eigenvalue weighted by Crippen LogP contribution is -2.38. The predicted molar refractivity (Wildman–Crippen MR) is 80.4 cm³/mol. The molecule has 0 radical (unpaired) electrons. The van der Waals surface area contributed by atoms with Crippen LogP contribution in [-0.2, 0) is 6.42 Å². The monoisotopic (exact) mass is 266 g/mol. The summed E-state index contributed by atoms with van der Waals surface area (Å²) in [6, 6.07) is 5.04. The molecule has 1 saturated heterocycles. The number of likely N-dealkylation sites (tertiary alicyclic amines) is 1. The Hall–Kier alpha value is -0.380. The van der Waals surface area contributed by atoms with Gasteiger partial charge in [-0.25, -0.2) is 0 Å². The molecule has 1 aliphatic heterocycles. The second-order valence-electron chi connectivity index (χ2n) is 5.40. The molecule has 1 N–H and O–H groups in total. The third-order valence-corrected chi connectivity index (χ3v) is 4.59. The van der Waals surface area contributed by atoms with Crippen LogP contribution in [0.3, 0.4) is 0 Å². The van der Waals surface area contributed by atoms with E-state index in [0.29, 0.717) is 6.04 Å². The van der Waals surface area contributed by atoms with Crippen molar-refractivity contribution in [2.75, 3.05) is 26.2 Å². The van der Waals surface area contributed by atoms with E-state index in [2.05, 4.69) is 34.7 Å². The quantitative estimate of drug-likeness (QED) is 0.727. The molecule has 2 rings (SSSR count). The fourth-order valence-corrected chi connectivity index (χ4v) is 3.40. The molecule has 0 aliphatic carbocycles. The molecule has 2 nitrogen and oxygen atoms in total. The second kappa shape index (κ2) is 7.93. The molecule has 1 unspecified atom stereocenters. The highest BCUT2D eigenvalue weighted by atomic mass is 32.1. The van der Waals surface area contributed by atoms with Crippen molar-refractivity contribution in [2.45, 2.75) is 45.1 Å². The summed E-state index contributed by atoms with van der Waals surface area (Å²) in [6.45, 7) is 7.33. The number of hydrogen-bond donors (Lipinski definition) is 1. The Bertz CT molecular complexity index is 304. The lowest BCUT2D eigenvalue weighted by atomic mass is 10.2. The molecule has 1 aliphatic rings. The van der Waals surface area contributed by atoms with Crippen LogP contribution in [0.1, 0.15) is 37.5 Å². The van der Waals surface area contributed by atoms with E-state index in [9.17, 15) is 0 Å². The van der Waals surface area contributed by atoms with Gasteiger partial charge in [0.15, 0.2) is 0 Å². The van der Waals surface area contributed by atoms with E-state index in [4.69, 9.17) is 0 Å². The minimum absolute atomic E-state index is 0.643. The molecule has 0 aromatic carbocycles. The average Bonchev–Trinajstić information content (AvgIpc) is 3.01. The Morgan fingerprint density at radius 2 is 2.17 bits per heavy atom. The summed E-state index contributed by atoms with van der Waals surface area (Å²) >= 11 is 1.88. The fraction of sp³-hybridized carbons (Fsp3) is 0.733. The zero-order chi connectivity index (χ0) is 12.6. The molecule has 1 atom stereocenters. The maximum Gasteiger partial charge on any atom is 0.0166 e. The molecule has 18 heavy (non-hydrogen) atoms. The SMILES string of the molecule is CC(CN1CCCC1)NCCCCc1cccs1. The summed E-state index contributed by atoms with van der Waals surface area (Å²) in [4.78, 5) is 4.11. The molecule has 0 saturated carbocycles. The number of aryl methyl sites for hydroxylation is 1. The molecule has 0 bridgehead atoms. The zero-order valence-electron chi connectivity index (χ0n) is 11.5. The third-order valence-electron chi connectivity index (χ3n) is 3.65. The van der Waals surface area contributed by atoms with Crippen LogP contribution in [0.2, 0.25) is 0 Å². The van der Waals surface area contributed by atoms with Crippen LogP contribution < -0.4 is 5.32 Å². The number of thiophene rings is 1. The molecular weight excluding hydrogens is 240 g/mol.